The Hall–Kier alpha value is -5.41. The van der Waals surface area contributed by atoms with Crippen molar-refractivity contribution in [2.45, 2.75) is 13.5 Å². The Balaban J connectivity index is 1.54. The number of benzene rings is 4. The first-order valence-corrected chi connectivity index (χ1v) is 14.3. The molecular formula is C34H27N3O5S. The molecule has 5 aromatic rings. The average molecular weight is 590 g/mol. The normalized spacial score (nSPS) is 11.6. The number of anilines is 1. The molecule has 0 spiro atoms. The van der Waals surface area contributed by atoms with E-state index in [0.717, 1.165) is 27.1 Å². The van der Waals surface area contributed by atoms with Gasteiger partial charge in [-0.2, -0.15) is 0 Å². The van der Waals surface area contributed by atoms with Gasteiger partial charge >= 0.3 is 5.97 Å². The Bertz CT molecular complexity index is 1910. The first-order valence-electron chi connectivity index (χ1n) is 13.4. The van der Waals surface area contributed by atoms with Gasteiger partial charge in [0.15, 0.2) is 0 Å². The number of methoxy groups -OCH3 is 1. The van der Waals surface area contributed by atoms with Crippen molar-refractivity contribution in [3.05, 3.63) is 112 Å². The van der Waals surface area contributed by atoms with Gasteiger partial charge in [0.25, 0.3) is 5.91 Å². The van der Waals surface area contributed by atoms with Crippen molar-refractivity contribution < 1.29 is 24.2 Å². The van der Waals surface area contributed by atoms with Crippen molar-refractivity contribution >= 4 is 34.7 Å². The third-order valence-corrected chi connectivity index (χ3v) is 8.30. The van der Waals surface area contributed by atoms with E-state index in [1.54, 1.807) is 55.6 Å². The van der Waals surface area contributed by atoms with Crippen LogP contribution in [0.3, 0.4) is 0 Å². The molecule has 5 N–H and O–H groups in total. The van der Waals surface area contributed by atoms with Gasteiger partial charge in [-0.1, -0.05) is 17.7 Å². The maximum Gasteiger partial charge on any atom is 0.336 e. The van der Waals surface area contributed by atoms with E-state index in [2.05, 4.69) is 5.32 Å². The van der Waals surface area contributed by atoms with E-state index in [1.807, 2.05) is 42.6 Å². The Kier molecular flexibility index (Phi) is 7.17. The molecule has 0 aliphatic carbocycles. The summed E-state index contributed by atoms with van der Waals surface area (Å²) in [6, 6.07) is 23.2. The number of thiophene rings is 1. The predicted octanol–water partition coefficient (Wildman–Crippen LogP) is 7.19. The quantitative estimate of drug-likeness (QED) is 0.117. The number of amidine groups is 1. The van der Waals surface area contributed by atoms with Crippen molar-refractivity contribution in [2.24, 2.45) is 5.73 Å². The summed E-state index contributed by atoms with van der Waals surface area (Å²) in [7, 11) is 1.55. The first-order chi connectivity index (χ1) is 20.7. The average Bonchev–Trinajstić information content (AvgIpc) is 3.55. The standard InChI is InChI=1S/C34H27N3O5S/c1-18-5-10-29-25(12-18)22-14-27(34(39)40)23(13-20(22)17-42-29)24-16-30(41-2)28(31-4-3-11-43-31)15-26(24)33(38)37-21-8-6-19(7-9-21)32(35)36/h3-16H,17H2,1-2H3,(H3,35,36)(H,37,38)(H,39,40). The molecule has 8 nitrogen and oxygen atoms in total. The van der Waals surface area contributed by atoms with E-state index in [9.17, 15) is 14.7 Å². The van der Waals surface area contributed by atoms with Gasteiger partial charge in [0.05, 0.1) is 12.7 Å². The SMILES string of the molecule is COc1cc(-c2cc3c(cc2C(=O)O)-c2cc(C)ccc2OC3)c(C(=O)Nc2ccc(C(=N)N)cc2)cc1-c1cccs1. The number of rotatable bonds is 7. The van der Waals surface area contributed by atoms with Crippen molar-refractivity contribution in [2.75, 3.05) is 12.4 Å². The molecule has 0 atom stereocenters. The summed E-state index contributed by atoms with van der Waals surface area (Å²) < 4.78 is 11.8. The number of carbonyl (C=O) groups is 2. The molecule has 6 rings (SSSR count). The number of fused-ring (bicyclic) bond motifs is 3. The Labute approximate surface area is 251 Å². The monoisotopic (exact) mass is 589 g/mol. The second-order valence-electron chi connectivity index (χ2n) is 10.2. The summed E-state index contributed by atoms with van der Waals surface area (Å²) in [6.45, 7) is 2.23. The zero-order chi connectivity index (χ0) is 30.2. The molecule has 0 saturated carbocycles. The number of hydrogen-bond donors (Lipinski definition) is 4. The number of carboxylic acid groups (broad SMARTS) is 1. The molecule has 1 aliphatic rings. The molecule has 1 aromatic heterocycles. The van der Waals surface area contributed by atoms with E-state index in [-0.39, 0.29) is 23.6 Å². The number of nitrogens with two attached hydrogens (primary N) is 1. The van der Waals surface area contributed by atoms with Crippen molar-refractivity contribution in [1.29, 1.82) is 5.41 Å². The minimum absolute atomic E-state index is 0.0545. The maximum absolute atomic E-state index is 13.9. The number of aromatic carboxylic acids is 1. The van der Waals surface area contributed by atoms with E-state index in [4.69, 9.17) is 20.6 Å². The van der Waals surface area contributed by atoms with Crippen LogP contribution in [-0.2, 0) is 6.61 Å². The van der Waals surface area contributed by atoms with Crippen LogP contribution in [0.15, 0.2) is 84.2 Å². The molecule has 214 valence electrons. The summed E-state index contributed by atoms with van der Waals surface area (Å²) in [4.78, 5) is 27.6. The highest BCUT2D eigenvalue weighted by Gasteiger charge is 2.27. The Morgan fingerprint density at radius 1 is 0.930 bits per heavy atom. The zero-order valence-electron chi connectivity index (χ0n) is 23.4. The lowest BCUT2D eigenvalue weighted by molar-refractivity contribution is 0.0697. The van der Waals surface area contributed by atoms with E-state index < -0.39 is 11.9 Å². The van der Waals surface area contributed by atoms with Crippen LogP contribution in [-0.4, -0.2) is 29.9 Å². The molecule has 4 aromatic carbocycles. The number of amides is 1. The molecule has 9 heteroatoms. The number of carbonyl (C=O) groups excluding carboxylic acids is 1. The minimum atomic E-state index is -1.12. The van der Waals surface area contributed by atoms with Crippen LogP contribution in [0, 0.1) is 12.3 Å². The summed E-state index contributed by atoms with van der Waals surface area (Å²) in [6.07, 6.45) is 0. The van der Waals surface area contributed by atoms with Crippen LogP contribution in [0.4, 0.5) is 5.69 Å². The number of carboxylic acids is 1. The molecular weight excluding hydrogens is 562 g/mol. The number of nitrogen functional groups attached to an aromatic ring is 1. The molecule has 2 heterocycles. The van der Waals surface area contributed by atoms with E-state index in [0.29, 0.717) is 39.4 Å². The van der Waals surface area contributed by atoms with Crippen LogP contribution < -0.4 is 20.5 Å². The molecule has 1 amide bonds. The van der Waals surface area contributed by atoms with E-state index >= 15 is 0 Å². The van der Waals surface area contributed by atoms with Gasteiger partial charge in [-0.25, -0.2) is 4.79 Å². The van der Waals surface area contributed by atoms with Gasteiger partial charge in [-0.3, -0.25) is 10.2 Å². The Morgan fingerprint density at radius 3 is 2.35 bits per heavy atom. The molecule has 0 radical (unpaired) electrons. The van der Waals surface area contributed by atoms with Crippen LogP contribution in [0.2, 0.25) is 0 Å². The fourth-order valence-corrected chi connectivity index (χ4v) is 6.01. The van der Waals surface area contributed by atoms with E-state index in [1.165, 1.54) is 11.3 Å². The summed E-state index contributed by atoms with van der Waals surface area (Å²) in [5.41, 5.74) is 11.9. The second-order valence-corrected chi connectivity index (χ2v) is 11.1. The lowest BCUT2D eigenvalue weighted by Gasteiger charge is -2.24. The summed E-state index contributed by atoms with van der Waals surface area (Å²) in [5, 5.41) is 22.9. The van der Waals surface area contributed by atoms with Gasteiger partial charge in [0, 0.05) is 32.8 Å². The topological polar surface area (TPSA) is 135 Å². The fraction of sp³-hybridized carbons (Fsp3) is 0.0882. The summed E-state index contributed by atoms with van der Waals surface area (Å²) in [5.74, 6) is -0.430. The number of aryl methyl sites for hydroxylation is 1. The first kappa shape index (κ1) is 27.7. The van der Waals surface area contributed by atoms with Crippen molar-refractivity contribution in [1.82, 2.24) is 0 Å². The lowest BCUT2D eigenvalue weighted by Crippen LogP contribution is -2.16. The van der Waals surface area contributed by atoms with Crippen LogP contribution >= 0.6 is 11.3 Å². The largest absolute Gasteiger partial charge is 0.496 e. The lowest BCUT2D eigenvalue weighted by atomic mass is 9.86. The van der Waals surface area contributed by atoms with Crippen LogP contribution in [0.5, 0.6) is 11.5 Å². The molecule has 0 bridgehead atoms. The number of nitrogens with one attached hydrogen (secondary N) is 2. The van der Waals surface area contributed by atoms with Gasteiger partial charge in [-0.15, -0.1) is 11.3 Å². The molecule has 0 saturated heterocycles. The van der Waals surface area contributed by atoms with Crippen molar-refractivity contribution in [3.63, 3.8) is 0 Å². The predicted molar refractivity (Wildman–Crippen MR) is 169 cm³/mol. The van der Waals surface area contributed by atoms with Gasteiger partial charge in [0.1, 0.15) is 23.9 Å². The molecule has 43 heavy (non-hydrogen) atoms. The zero-order valence-corrected chi connectivity index (χ0v) is 24.2. The minimum Gasteiger partial charge on any atom is -0.496 e. The van der Waals surface area contributed by atoms with Gasteiger partial charge in [0.2, 0.25) is 0 Å². The second kappa shape index (κ2) is 11.1. The van der Waals surface area contributed by atoms with Crippen molar-refractivity contribution in [3.8, 4) is 44.2 Å². The highest BCUT2D eigenvalue weighted by molar-refractivity contribution is 7.13. The third kappa shape index (κ3) is 5.22. The van der Waals surface area contributed by atoms with Gasteiger partial charge < -0.3 is 25.6 Å². The fourth-order valence-electron chi connectivity index (χ4n) is 5.27. The number of ether oxygens (including phenoxy) is 2. The van der Waals surface area contributed by atoms with Gasteiger partial charge in [-0.05, 0) is 101 Å². The highest BCUT2D eigenvalue weighted by atomic mass is 32.1. The smallest absolute Gasteiger partial charge is 0.336 e. The molecule has 1 aliphatic heterocycles. The third-order valence-electron chi connectivity index (χ3n) is 7.40. The maximum atomic E-state index is 13.9. The summed E-state index contributed by atoms with van der Waals surface area (Å²) >= 11 is 1.50. The van der Waals surface area contributed by atoms with Crippen LogP contribution in [0.25, 0.3) is 32.7 Å². The molecule has 0 fully saturated rings. The number of hydrogen-bond acceptors (Lipinski definition) is 6. The molecule has 0 unspecified atom stereocenters. The Morgan fingerprint density at radius 2 is 1.67 bits per heavy atom. The highest BCUT2D eigenvalue weighted by Crippen LogP contribution is 2.44. The van der Waals surface area contributed by atoms with Crippen LogP contribution in [0.1, 0.15) is 37.4 Å².